The van der Waals surface area contributed by atoms with Gasteiger partial charge in [-0.1, -0.05) is 12.7 Å². The van der Waals surface area contributed by atoms with Gasteiger partial charge < -0.3 is 19.6 Å². The number of likely N-dealkylation sites (tertiary alicyclic amines) is 1. The van der Waals surface area contributed by atoms with Crippen molar-refractivity contribution in [3.63, 3.8) is 0 Å². The van der Waals surface area contributed by atoms with Crippen molar-refractivity contribution in [1.82, 2.24) is 14.8 Å². The van der Waals surface area contributed by atoms with Crippen molar-refractivity contribution in [2.24, 2.45) is 0 Å². The molecule has 1 N–H and O–H groups in total. The molecule has 2 heterocycles. The van der Waals surface area contributed by atoms with Gasteiger partial charge in [0.05, 0.1) is 11.6 Å². The van der Waals surface area contributed by atoms with E-state index in [0.717, 1.165) is 5.56 Å². The predicted molar refractivity (Wildman–Crippen MR) is 114 cm³/mol. The topological polar surface area (TPSA) is 83.0 Å². The molecule has 1 fully saturated rings. The van der Waals surface area contributed by atoms with Gasteiger partial charge in [0.15, 0.2) is 0 Å². The van der Waals surface area contributed by atoms with Gasteiger partial charge >= 0.3 is 0 Å². The highest BCUT2D eigenvalue weighted by molar-refractivity contribution is 6.46. The Labute approximate surface area is 175 Å². The van der Waals surface area contributed by atoms with Crippen LogP contribution in [0.5, 0.6) is 5.75 Å². The van der Waals surface area contributed by atoms with Crippen LogP contribution in [0.4, 0.5) is 0 Å². The van der Waals surface area contributed by atoms with E-state index >= 15 is 0 Å². The predicted octanol–water partition coefficient (Wildman–Crippen LogP) is 2.63. The van der Waals surface area contributed by atoms with Crippen molar-refractivity contribution in [2.75, 3.05) is 33.8 Å². The number of rotatable bonds is 8. The summed E-state index contributed by atoms with van der Waals surface area (Å²) in [5, 5.41) is 11.0. The quantitative estimate of drug-likeness (QED) is 0.314. The van der Waals surface area contributed by atoms with Crippen LogP contribution in [-0.2, 0) is 9.59 Å². The van der Waals surface area contributed by atoms with Crippen LogP contribution in [0.2, 0.25) is 0 Å². The van der Waals surface area contributed by atoms with Crippen LogP contribution in [0, 0.1) is 0 Å². The molecule has 1 aromatic carbocycles. The molecular formula is C23H25N3O4. The molecule has 0 spiro atoms. The maximum atomic E-state index is 12.9. The average Bonchev–Trinajstić information content (AvgIpc) is 3.01. The highest BCUT2D eigenvalue weighted by atomic mass is 16.5. The fourth-order valence-corrected chi connectivity index (χ4v) is 3.33. The molecule has 1 amide bonds. The van der Waals surface area contributed by atoms with Crippen molar-refractivity contribution in [3.8, 4) is 5.75 Å². The van der Waals surface area contributed by atoms with Crippen LogP contribution in [0.25, 0.3) is 5.76 Å². The summed E-state index contributed by atoms with van der Waals surface area (Å²) in [6.45, 7) is 4.91. The number of hydrogen-bond donors (Lipinski definition) is 1. The molecule has 3 rings (SSSR count). The first-order chi connectivity index (χ1) is 14.4. The van der Waals surface area contributed by atoms with Gasteiger partial charge in [0.2, 0.25) is 0 Å². The summed E-state index contributed by atoms with van der Waals surface area (Å²) in [4.78, 5) is 33.1. The van der Waals surface area contributed by atoms with Crippen molar-refractivity contribution in [1.29, 1.82) is 0 Å². The maximum absolute atomic E-state index is 12.9. The molecule has 1 aliphatic heterocycles. The molecule has 1 aromatic heterocycles. The van der Waals surface area contributed by atoms with E-state index < -0.39 is 17.7 Å². The molecule has 1 aliphatic rings. The van der Waals surface area contributed by atoms with Gasteiger partial charge in [0.1, 0.15) is 18.1 Å². The number of amides is 1. The van der Waals surface area contributed by atoms with Gasteiger partial charge in [-0.15, -0.1) is 0 Å². The molecule has 1 unspecified atom stereocenters. The van der Waals surface area contributed by atoms with Crippen LogP contribution < -0.4 is 4.74 Å². The summed E-state index contributed by atoms with van der Waals surface area (Å²) < 4.78 is 5.46. The van der Waals surface area contributed by atoms with Crippen LogP contribution in [0.15, 0.2) is 67.0 Å². The van der Waals surface area contributed by atoms with Crippen LogP contribution >= 0.6 is 0 Å². The zero-order valence-electron chi connectivity index (χ0n) is 17.1. The molecule has 1 saturated heterocycles. The zero-order valence-corrected chi connectivity index (χ0v) is 17.1. The third-order valence-corrected chi connectivity index (χ3v) is 4.85. The molecule has 156 valence electrons. The molecule has 0 saturated carbocycles. The summed E-state index contributed by atoms with van der Waals surface area (Å²) >= 11 is 0. The van der Waals surface area contributed by atoms with Crippen molar-refractivity contribution in [2.45, 2.75) is 6.04 Å². The Hall–Kier alpha value is -3.45. The lowest BCUT2D eigenvalue weighted by atomic mass is 9.96. The second-order valence-corrected chi connectivity index (χ2v) is 7.20. The Morgan fingerprint density at radius 3 is 2.47 bits per heavy atom. The standard InChI is InChI=1S/C23H25N3O4/c1-4-15-30-18-7-5-17(6-8-18)21(27)19-20(16-9-11-24-12-10-16)26(14-13-25(2)3)23(29)22(19)28/h4-12,20,27H,1,13-15H2,2-3H3. The molecular weight excluding hydrogens is 382 g/mol. The summed E-state index contributed by atoms with van der Waals surface area (Å²) in [6.07, 6.45) is 4.85. The van der Waals surface area contributed by atoms with Gasteiger partial charge in [0.25, 0.3) is 11.7 Å². The highest BCUT2D eigenvalue weighted by Crippen LogP contribution is 2.39. The molecule has 0 radical (unpaired) electrons. The van der Waals surface area contributed by atoms with Gasteiger partial charge in [0, 0.05) is 31.0 Å². The third kappa shape index (κ3) is 4.41. The number of carbonyl (C=O) groups is 2. The number of pyridine rings is 1. The smallest absolute Gasteiger partial charge is 0.295 e. The zero-order chi connectivity index (χ0) is 21.7. The number of Topliss-reactive ketones (excluding diaryl/α,β-unsaturated/α-hetero) is 1. The Morgan fingerprint density at radius 1 is 1.20 bits per heavy atom. The maximum Gasteiger partial charge on any atom is 0.295 e. The minimum Gasteiger partial charge on any atom is -0.507 e. The summed E-state index contributed by atoms with van der Waals surface area (Å²) in [5.41, 5.74) is 1.23. The second-order valence-electron chi connectivity index (χ2n) is 7.20. The minimum atomic E-state index is -0.694. The van der Waals surface area contributed by atoms with Gasteiger partial charge in [-0.25, -0.2) is 0 Å². The normalized spacial score (nSPS) is 18.1. The largest absolute Gasteiger partial charge is 0.507 e. The summed E-state index contributed by atoms with van der Waals surface area (Å²) in [6, 6.07) is 9.53. The fourth-order valence-electron chi connectivity index (χ4n) is 3.33. The third-order valence-electron chi connectivity index (χ3n) is 4.85. The second kappa shape index (κ2) is 9.37. The van der Waals surface area contributed by atoms with Crippen LogP contribution in [-0.4, -0.2) is 65.4 Å². The van der Waals surface area contributed by atoms with Gasteiger partial charge in [-0.2, -0.15) is 0 Å². The fraction of sp³-hybridized carbons (Fsp3) is 0.261. The van der Waals surface area contributed by atoms with Crippen LogP contribution in [0.3, 0.4) is 0 Å². The average molecular weight is 407 g/mol. The number of hydrogen-bond acceptors (Lipinski definition) is 6. The van der Waals surface area contributed by atoms with E-state index in [1.165, 1.54) is 4.90 Å². The molecule has 7 nitrogen and oxygen atoms in total. The van der Waals surface area contributed by atoms with Crippen molar-refractivity contribution in [3.05, 3.63) is 78.1 Å². The molecule has 7 heteroatoms. The van der Waals surface area contributed by atoms with Crippen LogP contribution in [0.1, 0.15) is 17.2 Å². The Kier molecular flexibility index (Phi) is 6.64. The first kappa shape index (κ1) is 21.3. The Balaban J connectivity index is 2.03. The van der Waals surface area contributed by atoms with E-state index in [4.69, 9.17) is 4.74 Å². The van der Waals surface area contributed by atoms with Gasteiger partial charge in [-0.05, 0) is 56.1 Å². The summed E-state index contributed by atoms with van der Waals surface area (Å²) in [5.74, 6) is -0.910. The number of ether oxygens (including phenoxy) is 1. The number of ketones is 1. The van der Waals surface area contributed by atoms with E-state index in [-0.39, 0.29) is 11.3 Å². The SMILES string of the molecule is C=CCOc1ccc(C(O)=C2C(=O)C(=O)N(CCN(C)C)C2c2ccncc2)cc1. The lowest BCUT2D eigenvalue weighted by molar-refractivity contribution is -0.140. The first-order valence-electron chi connectivity index (χ1n) is 9.61. The number of nitrogens with zero attached hydrogens (tertiary/aromatic N) is 3. The molecule has 0 aliphatic carbocycles. The Morgan fingerprint density at radius 2 is 1.87 bits per heavy atom. The molecule has 0 bridgehead atoms. The number of likely N-dealkylation sites (N-methyl/N-ethyl adjacent to an activating group) is 1. The number of aliphatic hydroxyl groups excluding tert-OH is 1. The Bertz CT molecular complexity index is 952. The number of benzene rings is 1. The van der Waals surface area contributed by atoms with E-state index in [9.17, 15) is 14.7 Å². The number of aliphatic hydroxyl groups is 1. The lowest BCUT2D eigenvalue weighted by Gasteiger charge is -2.26. The van der Waals surface area contributed by atoms with Crippen molar-refractivity contribution >= 4 is 17.4 Å². The number of carbonyl (C=O) groups excluding carboxylic acids is 2. The van der Waals surface area contributed by atoms with Gasteiger partial charge in [-0.3, -0.25) is 14.6 Å². The van der Waals surface area contributed by atoms with E-state index in [2.05, 4.69) is 11.6 Å². The van der Waals surface area contributed by atoms with E-state index in [0.29, 0.717) is 31.0 Å². The lowest BCUT2D eigenvalue weighted by Crippen LogP contribution is -2.35. The molecule has 1 atom stereocenters. The molecule has 2 aromatic rings. The summed E-state index contributed by atoms with van der Waals surface area (Å²) in [7, 11) is 3.79. The van der Waals surface area contributed by atoms with Crippen molar-refractivity contribution < 1.29 is 19.4 Å². The number of aromatic nitrogens is 1. The first-order valence-corrected chi connectivity index (χ1v) is 9.61. The monoisotopic (exact) mass is 407 g/mol. The highest BCUT2D eigenvalue weighted by Gasteiger charge is 2.45. The molecule has 30 heavy (non-hydrogen) atoms. The van der Waals surface area contributed by atoms with E-state index in [1.54, 1.807) is 54.9 Å². The van der Waals surface area contributed by atoms with E-state index in [1.807, 2.05) is 19.0 Å². The minimum absolute atomic E-state index is 0.0738.